The van der Waals surface area contributed by atoms with Crippen molar-refractivity contribution in [2.45, 2.75) is 23.6 Å². The molecule has 0 heterocycles. The van der Waals surface area contributed by atoms with Crippen LogP contribution in [-0.4, -0.2) is 15.6 Å². The molecule has 2 amide bonds. The van der Waals surface area contributed by atoms with Crippen molar-refractivity contribution >= 4 is 46.6 Å². The molecule has 1 radical (unpaired) electrons. The van der Waals surface area contributed by atoms with E-state index >= 15 is 0 Å². The standard InChI is InChI=1S/C6H8Cl3N2O2/c1-2-3-4(12)10-11-5(13)6(7,8)9/h2-3H2,1H3,(H,11,13). The second-order valence-corrected chi connectivity index (χ2v) is 4.48. The summed E-state index contributed by atoms with van der Waals surface area (Å²) in [6.07, 6.45) is 0.895. The van der Waals surface area contributed by atoms with Crippen molar-refractivity contribution in [2.75, 3.05) is 0 Å². The quantitative estimate of drug-likeness (QED) is 0.590. The Hall–Kier alpha value is -0.190. The summed E-state index contributed by atoms with van der Waals surface area (Å²) in [6.45, 7) is 1.81. The summed E-state index contributed by atoms with van der Waals surface area (Å²) in [5.41, 5.74) is 5.04. The van der Waals surface area contributed by atoms with Crippen LogP contribution in [0.25, 0.3) is 0 Å². The van der Waals surface area contributed by atoms with Crippen LogP contribution in [0.2, 0.25) is 0 Å². The number of amides is 2. The molecule has 0 aliphatic heterocycles. The van der Waals surface area contributed by atoms with Crippen LogP contribution in [0.5, 0.6) is 0 Å². The van der Waals surface area contributed by atoms with E-state index in [1.54, 1.807) is 0 Å². The first kappa shape index (κ1) is 12.8. The van der Waals surface area contributed by atoms with Gasteiger partial charge in [0, 0.05) is 6.42 Å². The van der Waals surface area contributed by atoms with Crippen LogP contribution in [0.15, 0.2) is 0 Å². The molecule has 1 N–H and O–H groups in total. The zero-order valence-electron chi connectivity index (χ0n) is 6.81. The van der Waals surface area contributed by atoms with Crippen molar-refractivity contribution in [1.82, 2.24) is 10.9 Å². The molecule has 0 unspecified atom stereocenters. The molecular weight excluding hydrogens is 238 g/mol. The molecule has 0 atom stereocenters. The van der Waals surface area contributed by atoms with E-state index in [4.69, 9.17) is 34.8 Å². The normalized spacial score (nSPS) is 10.8. The van der Waals surface area contributed by atoms with E-state index in [0.29, 0.717) is 6.42 Å². The molecule has 0 saturated heterocycles. The number of hydrogen-bond acceptors (Lipinski definition) is 2. The van der Waals surface area contributed by atoms with E-state index in [9.17, 15) is 9.59 Å². The molecule has 75 valence electrons. The van der Waals surface area contributed by atoms with Gasteiger partial charge in [0.15, 0.2) is 0 Å². The minimum absolute atomic E-state index is 0.250. The zero-order chi connectivity index (χ0) is 10.5. The van der Waals surface area contributed by atoms with Gasteiger partial charge in [-0.15, -0.1) is 5.43 Å². The molecule has 0 aromatic heterocycles. The van der Waals surface area contributed by atoms with E-state index in [-0.39, 0.29) is 6.42 Å². The first-order valence-corrected chi connectivity index (χ1v) is 4.62. The third kappa shape index (κ3) is 5.96. The van der Waals surface area contributed by atoms with Crippen LogP contribution in [0.3, 0.4) is 0 Å². The maximum absolute atomic E-state index is 10.8. The molecule has 4 nitrogen and oxygen atoms in total. The minimum atomic E-state index is -2.09. The summed E-state index contributed by atoms with van der Waals surface area (Å²) in [5.74, 6) is -1.40. The Labute approximate surface area is 90.9 Å². The summed E-state index contributed by atoms with van der Waals surface area (Å²) < 4.78 is -2.09. The summed E-state index contributed by atoms with van der Waals surface area (Å²) in [6, 6.07) is 0. The third-order valence-electron chi connectivity index (χ3n) is 1.00. The molecule has 0 saturated carbocycles. The Morgan fingerprint density at radius 2 is 1.92 bits per heavy atom. The number of carbonyl (C=O) groups is 2. The van der Waals surface area contributed by atoms with Crippen molar-refractivity contribution in [3.05, 3.63) is 0 Å². The predicted octanol–water partition coefficient (Wildman–Crippen LogP) is 1.32. The van der Waals surface area contributed by atoms with Gasteiger partial charge in [0.1, 0.15) is 0 Å². The maximum Gasteiger partial charge on any atom is 0.292 e. The van der Waals surface area contributed by atoms with Gasteiger partial charge in [-0.05, 0) is 6.42 Å². The number of carbonyl (C=O) groups excluding carboxylic acids is 2. The fourth-order valence-electron chi connectivity index (χ4n) is 0.446. The van der Waals surface area contributed by atoms with Gasteiger partial charge in [-0.1, -0.05) is 41.7 Å². The van der Waals surface area contributed by atoms with Gasteiger partial charge >= 0.3 is 0 Å². The molecule has 0 aliphatic rings. The number of alkyl halides is 3. The first-order valence-electron chi connectivity index (χ1n) is 3.48. The molecule has 0 spiro atoms. The van der Waals surface area contributed by atoms with Gasteiger partial charge in [-0.2, -0.15) is 0 Å². The molecule has 0 fully saturated rings. The van der Waals surface area contributed by atoms with E-state index < -0.39 is 15.6 Å². The largest absolute Gasteiger partial charge is 0.292 e. The van der Waals surface area contributed by atoms with Crippen LogP contribution in [-0.2, 0) is 9.59 Å². The van der Waals surface area contributed by atoms with Crippen molar-refractivity contribution in [1.29, 1.82) is 0 Å². The summed E-state index contributed by atoms with van der Waals surface area (Å²) >= 11 is 15.6. The lowest BCUT2D eigenvalue weighted by Gasteiger charge is -2.09. The van der Waals surface area contributed by atoms with E-state index in [1.165, 1.54) is 0 Å². The van der Waals surface area contributed by atoms with Crippen molar-refractivity contribution in [3.63, 3.8) is 0 Å². The van der Waals surface area contributed by atoms with Crippen molar-refractivity contribution < 1.29 is 9.59 Å². The smallest absolute Gasteiger partial charge is 0.271 e. The lowest BCUT2D eigenvalue weighted by Crippen LogP contribution is -2.41. The molecule has 13 heavy (non-hydrogen) atoms. The van der Waals surface area contributed by atoms with Gasteiger partial charge in [0.05, 0.1) is 0 Å². The molecule has 0 aromatic carbocycles. The average Bonchev–Trinajstić information content (AvgIpc) is 1.99. The number of halogens is 3. The van der Waals surface area contributed by atoms with Gasteiger partial charge < -0.3 is 0 Å². The molecular formula is C6H8Cl3N2O2. The molecule has 0 rings (SSSR count). The highest BCUT2D eigenvalue weighted by Gasteiger charge is 2.31. The summed E-state index contributed by atoms with van der Waals surface area (Å²) in [4.78, 5) is 21.6. The van der Waals surface area contributed by atoms with Crippen LogP contribution < -0.4 is 10.9 Å². The Kier molecular flexibility index (Phi) is 5.44. The zero-order valence-corrected chi connectivity index (χ0v) is 9.08. The SMILES string of the molecule is CCCC(=O)[N]NC(=O)C(Cl)(Cl)Cl. The van der Waals surface area contributed by atoms with Gasteiger partial charge in [-0.25, -0.2) is 5.43 Å². The fraction of sp³-hybridized carbons (Fsp3) is 0.667. The van der Waals surface area contributed by atoms with Crippen LogP contribution in [0.4, 0.5) is 0 Å². The topological polar surface area (TPSA) is 60.3 Å². The Morgan fingerprint density at radius 1 is 1.38 bits per heavy atom. The highest BCUT2D eigenvalue weighted by molar-refractivity contribution is 6.76. The second kappa shape index (κ2) is 5.52. The molecule has 0 aromatic rings. The first-order chi connectivity index (χ1) is 5.88. The van der Waals surface area contributed by atoms with Gasteiger partial charge in [0.25, 0.3) is 15.6 Å². The van der Waals surface area contributed by atoms with Crippen molar-refractivity contribution in [3.8, 4) is 0 Å². The fourth-order valence-corrected chi connectivity index (χ4v) is 0.573. The van der Waals surface area contributed by atoms with E-state index in [2.05, 4.69) is 5.43 Å². The lowest BCUT2D eigenvalue weighted by atomic mass is 10.3. The number of rotatable bonds is 2. The Balaban J connectivity index is 3.77. The van der Waals surface area contributed by atoms with Crippen LogP contribution in [0, 0.1) is 0 Å². The van der Waals surface area contributed by atoms with Crippen LogP contribution in [0.1, 0.15) is 19.8 Å². The second-order valence-electron chi connectivity index (χ2n) is 2.19. The predicted molar refractivity (Wildman–Crippen MR) is 50.5 cm³/mol. The highest BCUT2D eigenvalue weighted by Crippen LogP contribution is 2.25. The van der Waals surface area contributed by atoms with Crippen molar-refractivity contribution in [2.24, 2.45) is 0 Å². The summed E-state index contributed by atoms with van der Waals surface area (Å²) in [7, 11) is 0. The van der Waals surface area contributed by atoms with Gasteiger partial charge in [0.2, 0.25) is 0 Å². The van der Waals surface area contributed by atoms with Gasteiger partial charge in [-0.3, -0.25) is 9.59 Å². The number of nitrogens with zero attached hydrogens (tertiary/aromatic N) is 1. The minimum Gasteiger partial charge on any atom is -0.271 e. The average molecular weight is 247 g/mol. The Morgan fingerprint density at radius 3 is 2.31 bits per heavy atom. The monoisotopic (exact) mass is 245 g/mol. The summed E-state index contributed by atoms with van der Waals surface area (Å²) in [5, 5.41) is 0. The molecule has 0 aliphatic carbocycles. The van der Waals surface area contributed by atoms with E-state index in [0.717, 1.165) is 0 Å². The molecule has 0 bridgehead atoms. The Bertz CT molecular complexity index is 203. The number of hydrogen-bond donors (Lipinski definition) is 1. The third-order valence-corrected chi connectivity index (χ3v) is 1.52. The highest BCUT2D eigenvalue weighted by atomic mass is 35.6. The van der Waals surface area contributed by atoms with E-state index in [1.807, 2.05) is 12.3 Å². The number of nitrogens with one attached hydrogen (secondary N) is 1. The molecule has 7 heteroatoms. The maximum atomic E-state index is 10.8. The van der Waals surface area contributed by atoms with Crippen LogP contribution >= 0.6 is 34.8 Å². The lowest BCUT2D eigenvalue weighted by molar-refractivity contribution is -0.128.